The molecule has 1 aromatic carbocycles. The lowest BCUT2D eigenvalue weighted by Gasteiger charge is -2.12. The number of aromatic nitrogens is 2. The highest BCUT2D eigenvalue weighted by Gasteiger charge is 2.20. The molecular weight excluding hydrogens is 278 g/mol. The topological polar surface area (TPSA) is 37.8 Å². The maximum Gasteiger partial charge on any atom is 0.161 e. The van der Waals surface area contributed by atoms with E-state index in [-0.39, 0.29) is 0 Å². The number of fused-ring (bicyclic) bond motifs is 1. The zero-order chi connectivity index (χ0) is 14.8. The third-order valence-corrected chi connectivity index (χ3v) is 4.57. The fraction of sp³-hybridized carbons (Fsp3) is 0.412. The minimum Gasteiger partial charge on any atom is -0.370 e. The van der Waals surface area contributed by atoms with Crippen LogP contribution >= 0.6 is 11.8 Å². The Bertz CT molecular complexity index is 647. The van der Waals surface area contributed by atoms with Gasteiger partial charge >= 0.3 is 0 Å². The van der Waals surface area contributed by atoms with Gasteiger partial charge in [-0.05, 0) is 32.4 Å². The van der Waals surface area contributed by atoms with Crippen LogP contribution < -0.4 is 5.32 Å². The van der Waals surface area contributed by atoms with E-state index in [1.807, 2.05) is 11.8 Å². The van der Waals surface area contributed by atoms with Crippen molar-refractivity contribution in [1.82, 2.24) is 9.97 Å². The van der Waals surface area contributed by atoms with Gasteiger partial charge in [-0.25, -0.2) is 9.97 Å². The highest BCUT2D eigenvalue weighted by Crippen LogP contribution is 2.34. The van der Waals surface area contributed by atoms with Gasteiger partial charge in [0.1, 0.15) is 5.82 Å². The van der Waals surface area contributed by atoms with Gasteiger partial charge < -0.3 is 5.32 Å². The Hall–Kier alpha value is -1.55. The molecule has 0 atom stereocenters. The highest BCUT2D eigenvalue weighted by atomic mass is 32.2. The molecule has 0 amide bonds. The van der Waals surface area contributed by atoms with Gasteiger partial charge in [0, 0.05) is 29.2 Å². The predicted molar refractivity (Wildman–Crippen MR) is 90.7 cm³/mol. The summed E-state index contributed by atoms with van der Waals surface area (Å²) in [7, 11) is 0. The summed E-state index contributed by atoms with van der Waals surface area (Å²) in [6, 6.07) is 6.52. The first-order valence-electron chi connectivity index (χ1n) is 7.47. The molecule has 0 bridgehead atoms. The smallest absolute Gasteiger partial charge is 0.161 e. The molecule has 3 nitrogen and oxygen atoms in total. The van der Waals surface area contributed by atoms with Gasteiger partial charge in [-0.2, -0.15) is 11.8 Å². The van der Waals surface area contributed by atoms with E-state index >= 15 is 0 Å². The van der Waals surface area contributed by atoms with Crippen LogP contribution in [-0.2, 0) is 11.5 Å². The second kappa shape index (κ2) is 6.06. The van der Waals surface area contributed by atoms with E-state index < -0.39 is 0 Å². The van der Waals surface area contributed by atoms with Gasteiger partial charge in [-0.15, -0.1) is 0 Å². The van der Waals surface area contributed by atoms with E-state index in [9.17, 15) is 0 Å². The molecule has 0 radical (unpaired) electrons. The van der Waals surface area contributed by atoms with Gasteiger partial charge in [0.25, 0.3) is 0 Å². The van der Waals surface area contributed by atoms with Crippen molar-refractivity contribution in [3.63, 3.8) is 0 Å². The first-order valence-corrected chi connectivity index (χ1v) is 8.63. The van der Waals surface area contributed by atoms with E-state index in [1.165, 1.54) is 22.4 Å². The maximum absolute atomic E-state index is 4.80. The normalized spacial score (nSPS) is 13.3. The number of nitrogens with zero attached hydrogens (tertiary/aromatic N) is 2. The quantitative estimate of drug-likeness (QED) is 0.912. The van der Waals surface area contributed by atoms with Crippen LogP contribution in [0.15, 0.2) is 18.2 Å². The molecular formula is C17H21N3S. The average molecular weight is 299 g/mol. The van der Waals surface area contributed by atoms with Gasteiger partial charge in [0.05, 0.1) is 5.69 Å². The van der Waals surface area contributed by atoms with Crippen molar-refractivity contribution in [2.24, 2.45) is 0 Å². The second-order valence-corrected chi connectivity index (χ2v) is 6.60. The zero-order valence-electron chi connectivity index (χ0n) is 12.9. The van der Waals surface area contributed by atoms with Gasteiger partial charge in [-0.3, -0.25) is 0 Å². The molecule has 4 heteroatoms. The van der Waals surface area contributed by atoms with Crippen LogP contribution in [0.4, 0.5) is 5.82 Å². The van der Waals surface area contributed by atoms with Crippen molar-refractivity contribution in [3.05, 3.63) is 40.6 Å². The summed E-state index contributed by atoms with van der Waals surface area (Å²) in [4.78, 5) is 9.60. The Balaban J connectivity index is 2.06. The summed E-state index contributed by atoms with van der Waals surface area (Å²) < 4.78 is 0. The number of benzene rings is 1. The molecule has 2 aromatic rings. The number of rotatable bonds is 4. The lowest BCUT2D eigenvalue weighted by atomic mass is 10.1. The molecule has 1 aromatic heterocycles. The van der Waals surface area contributed by atoms with Crippen LogP contribution in [0.3, 0.4) is 0 Å². The van der Waals surface area contributed by atoms with Gasteiger partial charge in [0.2, 0.25) is 0 Å². The fourth-order valence-corrected chi connectivity index (χ4v) is 3.72. The van der Waals surface area contributed by atoms with E-state index in [0.29, 0.717) is 0 Å². The van der Waals surface area contributed by atoms with Crippen LogP contribution in [0.25, 0.3) is 11.4 Å². The minimum atomic E-state index is 0.849. The second-order valence-electron chi connectivity index (χ2n) is 5.62. The molecule has 2 heterocycles. The summed E-state index contributed by atoms with van der Waals surface area (Å²) in [5, 5.41) is 3.47. The third-order valence-electron chi connectivity index (χ3n) is 3.60. The maximum atomic E-state index is 4.80. The lowest BCUT2D eigenvalue weighted by molar-refractivity contribution is 0.955. The Morgan fingerprint density at radius 1 is 1.10 bits per heavy atom. The van der Waals surface area contributed by atoms with Crippen molar-refractivity contribution < 1.29 is 0 Å². The van der Waals surface area contributed by atoms with E-state index in [0.717, 1.165) is 41.7 Å². The summed E-state index contributed by atoms with van der Waals surface area (Å²) in [6.07, 6.45) is 1.10. The molecule has 21 heavy (non-hydrogen) atoms. The molecule has 0 aliphatic carbocycles. The molecule has 0 spiro atoms. The SMILES string of the molecule is CCCNc1nc(-c2cc(C)cc(C)c2)nc2c1CSC2. The number of anilines is 1. The molecule has 0 fully saturated rings. The monoisotopic (exact) mass is 299 g/mol. The summed E-state index contributed by atoms with van der Waals surface area (Å²) in [6.45, 7) is 7.38. The summed E-state index contributed by atoms with van der Waals surface area (Å²) >= 11 is 1.92. The van der Waals surface area contributed by atoms with Crippen LogP contribution in [-0.4, -0.2) is 16.5 Å². The molecule has 0 saturated heterocycles. The highest BCUT2D eigenvalue weighted by molar-refractivity contribution is 7.98. The van der Waals surface area contributed by atoms with Crippen molar-refractivity contribution in [3.8, 4) is 11.4 Å². The molecule has 1 N–H and O–H groups in total. The van der Waals surface area contributed by atoms with Crippen LogP contribution in [0.5, 0.6) is 0 Å². The van der Waals surface area contributed by atoms with E-state index in [4.69, 9.17) is 9.97 Å². The summed E-state index contributed by atoms with van der Waals surface area (Å²) in [5.41, 5.74) is 6.12. The molecule has 0 unspecified atom stereocenters. The Kier molecular flexibility index (Phi) is 4.15. The molecule has 110 valence electrons. The zero-order valence-corrected chi connectivity index (χ0v) is 13.7. The largest absolute Gasteiger partial charge is 0.370 e. The predicted octanol–water partition coefficient (Wildman–Crippen LogP) is 4.33. The first-order chi connectivity index (χ1) is 10.2. The van der Waals surface area contributed by atoms with Crippen molar-refractivity contribution in [1.29, 1.82) is 0 Å². The third kappa shape index (κ3) is 3.05. The van der Waals surface area contributed by atoms with Gasteiger partial charge in [-0.1, -0.05) is 24.1 Å². The molecule has 1 aliphatic heterocycles. The molecule has 3 rings (SSSR count). The van der Waals surface area contributed by atoms with Crippen molar-refractivity contribution >= 4 is 17.6 Å². The Morgan fingerprint density at radius 2 is 1.86 bits per heavy atom. The number of thioether (sulfide) groups is 1. The summed E-state index contributed by atoms with van der Waals surface area (Å²) in [5.74, 6) is 3.90. The number of hydrogen-bond acceptors (Lipinski definition) is 4. The van der Waals surface area contributed by atoms with E-state index in [1.54, 1.807) is 0 Å². The Labute approximate surface area is 130 Å². The van der Waals surface area contributed by atoms with Crippen molar-refractivity contribution in [2.45, 2.75) is 38.7 Å². The van der Waals surface area contributed by atoms with Crippen LogP contribution in [0.1, 0.15) is 35.7 Å². The van der Waals surface area contributed by atoms with Crippen molar-refractivity contribution in [2.75, 3.05) is 11.9 Å². The van der Waals surface area contributed by atoms with Crippen LogP contribution in [0, 0.1) is 13.8 Å². The number of nitrogens with one attached hydrogen (secondary N) is 1. The average Bonchev–Trinajstić information content (AvgIpc) is 2.92. The standard InChI is InChI=1S/C17H21N3S/c1-4-5-18-17-14-9-21-10-15(14)19-16(20-17)13-7-11(2)6-12(3)8-13/h6-8H,4-5,9-10H2,1-3H3,(H,18,19,20). The lowest BCUT2D eigenvalue weighted by Crippen LogP contribution is -2.08. The number of aryl methyl sites for hydroxylation is 2. The molecule has 1 aliphatic rings. The minimum absolute atomic E-state index is 0.849. The molecule has 0 saturated carbocycles. The van der Waals surface area contributed by atoms with E-state index in [2.05, 4.69) is 44.3 Å². The number of hydrogen-bond donors (Lipinski definition) is 1. The Morgan fingerprint density at radius 3 is 2.57 bits per heavy atom. The fourth-order valence-electron chi connectivity index (χ4n) is 2.67. The first kappa shape index (κ1) is 14.4. The van der Waals surface area contributed by atoms with Crippen LogP contribution in [0.2, 0.25) is 0 Å². The van der Waals surface area contributed by atoms with Gasteiger partial charge in [0.15, 0.2) is 5.82 Å².